The van der Waals surface area contributed by atoms with E-state index in [1.807, 2.05) is 0 Å². The van der Waals surface area contributed by atoms with E-state index >= 15 is 0 Å². The molecule has 2 aromatic heterocycles. The number of carbonyl (C=O) groups is 1. The molecule has 2 aromatic rings. The topological polar surface area (TPSA) is 63.1 Å². The summed E-state index contributed by atoms with van der Waals surface area (Å²) in [5, 5.41) is 8.81. The van der Waals surface area contributed by atoms with Crippen molar-refractivity contribution in [2.75, 3.05) is 0 Å². The second-order valence-corrected chi connectivity index (χ2v) is 5.74. The Balaban J connectivity index is 2.50. The van der Waals surface area contributed by atoms with Gasteiger partial charge in [-0.25, -0.2) is 0 Å². The highest BCUT2D eigenvalue weighted by atomic mass is 32.9. The second kappa shape index (κ2) is 4.77. The third kappa shape index (κ3) is 2.31. The molecule has 0 aliphatic heterocycles. The van der Waals surface area contributed by atoms with Crippen LogP contribution in [0.2, 0.25) is 0 Å². The summed E-state index contributed by atoms with van der Waals surface area (Å²) in [7, 11) is 2.84. The van der Waals surface area contributed by atoms with Gasteiger partial charge < -0.3 is 5.11 Å². The lowest BCUT2D eigenvalue weighted by molar-refractivity contribution is -0.136. The number of carboxylic acid groups (broad SMARTS) is 1. The van der Waals surface area contributed by atoms with E-state index in [1.165, 1.54) is 20.7 Å². The first-order valence-electron chi connectivity index (χ1n) is 4.28. The van der Waals surface area contributed by atoms with Crippen molar-refractivity contribution in [1.29, 1.82) is 0 Å². The van der Waals surface area contributed by atoms with Gasteiger partial charge in [-0.3, -0.25) is 14.8 Å². The summed E-state index contributed by atoms with van der Waals surface area (Å²) in [6, 6.07) is 0. The molecule has 1 N–H and O–H groups in total. The van der Waals surface area contributed by atoms with E-state index in [9.17, 15) is 4.79 Å². The zero-order valence-electron chi connectivity index (χ0n) is 7.91. The Bertz CT molecular complexity index is 562. The number of hydrogen-bond donors (Lipinski definition) is 1. The van der Waals surface area contributed by atoms with Crippen LogP contribution >= 0.6 is 32.9 Å². The average molecular weight is 270 g/mol. The van der Waals surface area contributed by atoms with Gasteiger partial charge in [-0.15, -0.1) is 0 Å². The molecule has 0 aromatic carbocycles. The van der Waals surface area contributed by atoms with Crippen LogP contribution in [-0.4, -0.2) is 21.0 Å². The molecule has 0 aliphatic rings. The fourth-order valence-electron chi connectivity index (χ4n) is 1.19. The number of nitrogens with zero attached hydrogens (tertiary/aromatic N) is 2. The minimum atomic E-state index is -0.887. The molecule has 7 heteroatoms. The van der Waals surface area contributed by atoms with Crippen LogP contribution < -0.4 is 0 Å². The summed E-state index contributed by atoms with van der Waals surface area (Å²) in [6.45, 7) is 0. The molecule has 0 fully saturated rings. The highest BCUT2D eigenvalue weighted by Gasteiger charge is 2.14. The first-order valence-corrected chi connectivity index (χ1v) is 6.84. The summed E-state index contributed by atoms with van der Waals surface area (Å²) in [5.41, 5.74) is 1.34. The minimum Gasteiger partial charge on any atom is -0.481 e. The van der Waals surface area contributed by atoms with E-state index < -0.39 is 5.97 Å². The maximum Gasteiger partial charge on any atom is 0.307 e. The van der Waals surface area contributed by atoms with E-state index in [-0.39, 0.29) is 6.42 Å². The van der Waals surface area contributed by atoms with Crippen molar-refractivity contribution in [1.82, 2.24) is 9.97 Å². The number of carboxylic acids is 1. The minimum absolute atomic E-state index is 0.0647. The van der Waals surface area contributed by atoms with Gasteiger partial charge in [0.15, 0.2) is 0 Å². The molecule has 0 amide bonds. The van der Waals surface area contributed by atoms with Gasteiger partial charge in [0, 0.05) is 18.0 Å². The monoisotopic (exact) mass is 270 g/mol. The van der Waals surface area contributed by atoms with Crippen molar-refractivity contribution in [2.24, 2.45) is 0 Å². The molecule has 0 aliphatic carbocycles. The maximum atomic E-state index is 10.7. The zero-order chi connectivity index (χ0) is 11.5. The van der Waals surface area contributed by atoms with Gasteiger partial charge in [0.2, 0.25) is 0 Å². The van der Waals surface area contributed by atoms with Crippen molar-refractivity contribution < 1.29 is 9.90 Å². The molecule has 0 saturated heterocycles. The highest BCUT2D eigenvalue weighted by Crippen LogP contribution is 2.33. The summed E-state index contributed by atoms with van der Waals surface area (Å²) < 4.78 is 0.619. The quantitative estimate of drug-likeness (QED) is 0.686. The molecule has 0 bridgehead atoms. The normalized spacial score (nSPS) is 10.2. The second-order valence-electron chi connectivity index (χ2n) is 2.92. The molecule has 0 radical (unpaired) electrons. The highest BCUT2D eigenvalue weighted by molar-refractivity contribution is 7.80. The van der Waals surface area contributed by atoms with Crippen LogP contribution in [0.25, 0.3) is 10.6 Å². The Hall–Kier alpha value is -1.18. The SMILES string of the molecule is O=C(O)Cc1c(-c2cnccn2)ssc1=S. The van der Waals surface area contributed by atoms with E-state index in [1.54, 1.807) is 18.6 Å². The van der Waals surface area contributed by atoms with E-state index in [0.717, 1.165) is 4.88 Å². The van der Waals surface area contributed by atoms with Crippen molar-refractivity contribution in [2.45, 2.75) is 6.42 Å². The Labute approximate surface area is 104 Å². The van der Waals surface area contributed by atoms with Gasteiger partial charge in [0.25, 0.3) is 0 Å². The predicted octanol–water partition coefficient (Wildman–Crippen LogP) is 2.62. The van der Waals surface area contributed by atoms with E-state index in [0.29, 0.717) is 15.1 Å². The summed E-state index contributed by atoms with van der Waals surface area (Å²) >= 11 is 5.11. The van der Waals surface area contributed by atoms with Crippen molar-refractivity contribution in [3.63, 3.8) is 0 Å². The first-order chi connectivity index (χ1) is 7.68. The van der Waals surface area contributed by atoms with Crippen LogP contribution in [0.3, 0.4) is 0 Å². The number of rotatable bonds is 3. The predicted molar refractivity (Wildman–Crippen MR) is 65.4 cm³/mol. The van der Waals surface area contributed by atoms with Gasteiger partial charge >= 0.3 is 5.97 Å². The van der Waals surface area contributed by atoms with Crippen molar-refractivity contribution >= 4 is 38.9 Å². The van der Waals surface area contributed by atoms with Crippen molar-refractivity contribution in [3.05, 3.63) is 28.0 Å². The zero-order valence-corrected chi connectivity index (χ0v) is 10.4. The van der Waals surface area contributed by atoms with Crippen LogP contribution in [-0.2, 0) is 11.2 Å². The molecule has 82 valence electrons. The molecule has 0 atom stereocenters. The molecule has 0 saturated carbocycles. The maximum absolute atomic E-state index is 10.7. The van der Waals surface area contributed by atoms with Gasteiger partial charge in [-0.2, -0.15) is 0 Å². The molecule has 0 unspecified atom stereocenters. The van der Waals surface area contributed by atoms with Crippen LogP contribution in [0, 0.1) is 3.82 Å². The van der Waals surface area contributed by atoms with Gasteiger partial charge in [-0.05, 0) is 0 Å². The van der Waals surface area contributed by atoms with E-state index in [2.05, 4.69) is 9.97 Å². The number of aliphatic carboxylic acids is 1. The third-order valence-electron chi connectivity index (χ3n) is 1.84. The number of aromatic nitrogens is 2. The van der Waals surface area contributed by atoms with Crippen molar-refractivity contribution in [3.8, 4) is 10.6 Å². The smallest absolute Gasteiger partial charge is 0.307 e. The van der Waals surface area contributed by atoms with Crippen LogP contribution in [0.1, 0.15) is 5.56 Å². The summed E-state index contributed by atoms with van der Waals surface area (Å²) in [5.74, 6) is -0.887. The summed E-state index contributed by atoms with van der Waals surface area (Å²) in [4.78, 5) is 19.6. The average Bonchev–Trinajstić information content (AvgIpc) is 2.61. The molecule has 4 nitrogen and oxygen atoms in total. The van der Waals surface area contributed by atoms with Gasteiger partial charge in [-0.1, -0.05) is 32.9 Å². The van der Waals surface area contributed by atoms with E-state index in [4.69, 9.17) is 17.3 Å². The molecule has 16 heavy (non-hydrogen) atoms. The molecular formula is C9H6N2O2S3. The number of hydrogen-bond acceptors (Lipinski definition) is 6. The molecular weight excluding hydrogens is 264 g/mol. The van der Waals surface area contributed by atoms with Crippen LogP contribution in [0.5, 0.6) is 0 Å². The molecule has 2 heterocycles. The third-order valence-corrected chi connectivity index (χ3v) is 5.01. The molecule has 2 rings (SSSR count). The van der Waals surface area contributed by atoms with Crippen LogP contribution in [0.15, 0.2) is 18.6 Å². The van der Waals surface area contributed by atoms with Gasteiger partial charge in [0.1, 0.15) is 3.82 Å². The lowest BCUT2D eigenvalue weighted by atomic mass is 10.2. The lowest BCUT2D eigenvalue weighted by Crippen LogP contribution is -2.00. The lowest BCUT2D eigenvalue weighted by Gasteiger charge is -1.98. The fraction of sp³-hybridized carbons (Fsp3) is 0.111. The Kier molecular flexibility index (Phi) is 3.37. The largest absolute Gasteiger partial charge is 0.481 e. The first kappa shape index (κ1) is 11.3. The Morgan fingerprint density at radius 3 is 2.88 bits per heavy atom. The fourth-order valence-corrected chi connectivity index (χ4v) is 4.04. The summed E-state index contributed by atoms with van der Waals surface area (Å²) in [6.07, 6.45) is 4.70. The Morgan fingerprint density at radius 2 is 2.25 bits per heavy atom. The molecule has 0 spiro atoms. The van der Waals surface area contributed by atoms with Gasteiger partial charge in [0.05, 0.1) is 23.2 Å². The Morgan fingerprint density at radius 1 is 1.44 bits per heavy atom. The van der Waals surface area contributed by atoms with Crippen LogP contribution in [0.4, 0.5) is 0 Å². The standard InChI is InChI=1S/C9H6N2O2S3/c12-7(13)3-5-8(15-16-9(5)14)6-4-10-1-2-11-6/h1-2,4H,3H2,(H,12,13).